The smallest absolute Gasteiger partial charge is 0.129 e. The van der Waals surface area contributed by atoms with Crippen LogP contribution in [-0.2, 0) is 6.42 Å². The van der Waals surface area contributed by atoms with Crippen LogP contribution in [0.15, 0.2) is 12.1 Å². The van der Waals surface area contributed by atoms with E-state index in [-0.39, 0.29) is 0 Å². The molecule has 0 atom stereocenters. The second-order valence-corrected chi connectivity index (χ2v) is 5.72. The third-order valence-corrected chi connectivity index (χ3v) is 3.74. The number of hydrogen-bond acceptors (Lipinski definition) is 4. The molecule has 1 aliphatic heterocycles. The first-order valence-corrected chi connectivity index (χ1v) is 7.32. The zero-order valence-electron chi connectivity index (χ0n) is 12.4. The summed E-state index contributed by atoms with van der Waals surface area (Å²) in [5.41, 5.74) is 7.89. The van der Waals surface area contributed by atoms with Gasteiger partial charge in [-0.3, -0.25) is 0 Å². The van der Waals surface area contributed by atoms with Gasteiger partial charge in [-0.25, -0.2) is 4.98 Å². The minimum absolute atomic E-state index is 0.585. The molecule has 1 fully saturated rings. The van der Waals surface area contributed by atoms with Gasteiger partial charge in [0.1, 0.15) is 5.82 Å². The van der Waals surface area contributed by atoms with E-state index in [4.69, 9.17) is 10.7 Å². The number of rotatable bonds is 4. The van der Waals surface area contributed by atoms with Gasteiger partial charge in [0.25, 0.3) is 0 Å². The van der Waals surface area contributed by atoms with Crippen molar-refractivity contribution in [3.05, 3.63) is 17.8 Å². The third kappa shape index (κ3) is 3.60. The fourth-order valence-electron chi connectivity index (χ4n) is 2.52. The van der Waals surface area contributed by atoms with Crippen LogP contribution < -0.4 is 10.6 Å². The topological polar surface area (TPSA) is 45.4 Å². The predicted molar refractivity (Wildman–Crippen MR) is 81.5 cm³/mol. The molecule has 19 heavy (non-hydrogen) atoms. The minimum atomic E-state index is 0.585. The molecular formula is C15H26N4. The van der Waals surface area contributed by atoms with Gasteiger partial charge in [0.05, 0.1) is 11.4 Å². The number of pyridine rings is 1. The van der Waals surface area contributed by atoms with E-state index < -0.39 is 0 Å². The van der Waals surface area contributed by atoms with Crippen molar-refractivity contribution in [2.24, 2.45) is 5.92 Å². The lowest BCUT2D eigenvalue weighted by Gasteiger charge is -2.35. The molecule has 0 radical (unpaired) electrons. The van der Waals surface area contributed by atoms with Crippen LogP contribution in [0.3, 0.4) is 0 Å². The summed E-state index contributed by atoms with van der Waals surface area (Å²) in [7, 11) is 0. The van der Waals surface area contributed by atoms with E-state index in [0.717, 1.165) is 56.3 Å². The van der Waals surface area contributed by atoms with Crippen LogP contribution in [0, 0.1) is 5.92 Å². The van der Waals surface area contributed by atoms with Crippen LogP contribution in [0.4, 0.5) is 11.5 Å². The summed E-state index contributed by atoms with van der Waals surface area (Å²) < 4.78 is 0. The molecule has 0 aromatic carbocycles. The quantitative estimate of drug-likeness (QED) is 0.901. The average molecular weight is 262 g/mol. The maximum Gasteiger partial charge on any atom is 0.129 e. The number of hydrogen-bond donors (Lipinski definition) is 1. The molecular weight excluding hydrogens is 236 g/mol. The number of aromatic nitrogens is 1. The second-order valence-electron chi connectivity index (χ2n) is 5.72. The second kappa shape index (κ2) is 6.24. The van der Waals surface area contributed by atoms with Gasteiger partial charge in [0.2, 0.25) is 0 Å². The predicted octanol–water partition coefficient (Wildman–Crippen LogP) is 2.00. The van der Waals surface area contributed by atoms with E-state index >= 15 is 0 Å². The van der Waals surface area contributed by atoms with E-state index in [1.165, 1.54) is 0 Å². The fourth-order valence-corrected chi connectivity index (χ4v) is 2.52. The lowest BCUT2D eigenvalue weighted by atomic mass is 10.1. The van der Waals surface area contributed by atoms with Crippen molar-refractivity contribution in [3.63, 3.8) is 0 Å². The van der Waals surface area contributed by atoms with Gasteiger partial charge in [0.15, 0.2) is 0 Å². The van der Waals surface area contributed by atoms with Gasteiger partial charge in [-0.2, -0.15) is 0 Å². The summed E-state index contributed by atoms with van der Waals surface area (Å²) in [4.78, 5) is 9.61. The number of nitrogens with zero attached hydrogens (tertiary/aromatic N) is 3. The number of nitrogens with two attached hydrogens (primary N) is 1. The normalized spacial score (nSPS) is 17.2. The van der Waals surface area contributed by atoms with Crippen molar-refractivity contribution >= 4 is 11.5 Å². The van der Waals surface area contributed by atoms with Crippen LogP contribution >= 0.6 is 0 Å². The van der Waals surface area contributed by atoms with Crippen LogP contribution in [0.1, 0.15) is 26.5 Å². The molecule has 1 aromatic heterocycles. The molecule has 0 saturated carbocycles. The van der Waals surface area contributed by atoms with Crippen molar-refractivity contribution in [1.82, 2.24) is 9.88 Å². The van der Waals surface area contributed by atoms with Crippen LogP contribution in [0.2, 0.25) is 0 Å². The molecule has 1 aromatic rings. The Morgan fingerprint density at radius 2 is 1.89 bits per heavy atom. The number of likely N-dealkylation sites (N-methyl/N-ethyl adjacent to an activating group) is 1. The van der Waals surface area contributed by atoms with Gasteiger partial charge in [-0.1, -0.05) is 20.8 Å². The fraction of sp³-hybridized carbons (Fsp3) is 0.667. The Kier molecular flexibility index (Phi) is 4.64. The Hall–Kier alpha value is -1.29. The molecule has 4 nitrogen and oxygen atoms in total. The van der Waals surface area contributed by atoms with Gasteiger partial charge < -0.3 is 15.5 Å². The number of anilines is 2. The average Bonchev–Trinajstić information content (AvgIpc) is 2.41. The maximum absolute atomic E-state index is 6.02. The van der Waals surface area contributed by atoms with Crippen LogP contribution in [0.25, 0.3) is 0 Å². The zero-order valence-corrected chi connectivity index (χ0v) is 12.4. The summed E-state index contributed by atoms with van der Waals surface area (Å²) in [5, 5.41) is 0. The Bertz CT molecular complexity index is 409. The summed E-state index contributed by atoms with van der Waals surface area (Å²) in [6, 6.07) is 4.06. The lowest BCUT2D eigenvalue weighted by Crippen LogP contribution is -2.46. The van der Waals surface area contributed by atoms with Crippen molar-refractivity contribution in [1.29, 1.82) is 0 Å². The van der Waals surface area contributed by atoms with Crippen LogP contribution in [-0.4, -0.2) is 42.6 Å². The summed E-state index contributed by atoms with van der Waals surface area (Å²) >= 11 is 0. The van der Waals surface area contributed by atoms with Crippen molar-refractivity contribution in [2.45, 2.75) is 27.2 Å². The SMILES string of the molecule is CCN1CCN(c2ccc(N)c(CC(C)C)n2)CC1. The van der Waals surface area contributed by atoms with E-state index in [1.54, 1.807) is 0 Å². The summed E-state index contributed by atoms with van der Waals surface area (Å²) in [6.45, 7) is 12.1. The first kappa shape index (κ1) is 14.1. The molecule has 0 aliphatic carbocycles. The molecule has 0 amide bonds. The van der Waals surface area contributed by atoms with E-state index in [1.807, 2.05) is 6.07 Å². The molecule has 2 heterocycles. The summed E-state index contributed by atoms with van der Waals surface area (Å²) in [6.07, 6.45) is 0.953. The van der Waals surface area contributed by atoms with Crippen LogP contribution in [0.5, 0.6) is 0 Å². The summed E-state index contributed by atoms with van der Waals surface area (Å²) in [5.74, 6) is 1.67. The molecule has 0 spiro atoms. The minimum Gasteiger partial charge on any atom is -0.397 e. The van der Waals surface area contributed by atoms with Crippen molar-refractivity contribution < 1.29 is 0 Å². The van der Waals surface area contributed by atoms with E-state index in [2.05, 4.69) is 36.6 Å². The molecule has 2 rings (SSSR count). The van der Waals surface area contributed by atoms with Gasteiger partial charge in [-0.05, 0) is 31.0 Å². The van der Waals surface area contributed by atoms with Gasteiger partial charge >= 0.3 is 0 Å². The largest absolute Gasteiger partial charge is 0.397 e. The maximum atomic E-state index is 6.02. The highest BCUT2D eigenvalue weighted by Gasteiger charge is 2.17. The molecule has 1 saturated heterocycles. The molecule has 0 bridgehead atoms. The Balaban J connectivity index is 2.08. The van der Waals surface area contributed by atoms with Crippen molar-refractivity contribution in [2.75, 3.05) is 43.4 Å². The standard InChI is InChI=1S/C15H26N4/c1-4-18-7-9-19(10-8-18)15-6-5-13(16)14(17-15)11-12(2)3/h5-6,12H,4,7-11,16H2,1-3H3. The highest BCUT2D eigenvalue weighted by atomic mass is 15.3. The highest BCUT2D eigenvalue weighted by molar-refractivity contribution is 5.51. The number of piperazine rings is 1. The van der Waals surface area contributed by atoms with E-state index in [9.17, 15) is 0 Å². The number of nitrogen functional groups attached to an aromatic ring is 1. The molecule has 0 unspecified atom stereocenters. The lowest BCUT2D eigenvalue weighted by molar-refractivity contribution is 0.270. The Morgan fingerprint density at radius 3 is 2.47 bits per heavy atom. The van der Waals surface area contributed by atoms with E-state index in [0.29, 0.717) is 5.92 Å². The molecule has 1 aliphatic rings. The molecule has 106 valence electrons. The van der Waals surface area contributed by atoms with Crippen molar-refractivity contribution in [3.8, 4) is 0 Å². The monoisotopic (exact) mass is 262 g/mol. The molecule has 4 heteroatoms. The van der Waals surface area contributed by atoms with Gasteiger partial charge in [0, 0.05) is 26.2 Å². The zero-order chi connectivity index (χ0) is 13.8. The third-order valence-electron chi connectivity index (χ3n) is 3.74. The van der Waals surface area contributed by atoms with Gasteiger partial charge in [-0.15, -0.1) is 0 Å². The molecule has 2 N–H and O–H groups in total. The first-order chi connectivity index (χ1) is 9.10. The Morgan fingerprint density at radius 1 is 1.21 bits per heavy atom. The first-order valence-electron chi connectivity index (χ1n) is 7.32. The Labute approximate surface area is 116 Å². The highest BCUT2D eigenvalue weighted by Crippen LogP contribution is 2.20.